The SMILES string of the molecule is CC[C@H](C)OC(=O)OCCC(C)C. The second-order valence-corrected chi connectivity index (χ2v) is 3.62. The summed E-state index contributed by atoms with van der Waals surface area (Å²) in [6, 6.07) is 0. The number of ether oxygens (including phenoxy) is 2. The molecule has 0 saturated carbocycles. The highest BCUT2D eigenvalue weighted by atomic mass is 16.7. The van der Waals surface area contributed by atoms with Crippen LogP contribution in [0.5, 0.6) is 0 Å². The first-order valence-electron chi connectivity index (χ1n) is 4.89. The zero-order valence-corrected chi connectivity index (χ0v) is 9.00. The van der Waals surface area contributed by atoms with E-state index < -0.39 is 6.16 Å². The summed E-state index contributed by atoms with van der Waals surface area (Å²) in [5, 5.41) is 0. The van der Waals surface area contributed by atoms with Crippen molar-refractivity contribution in [2.75, 3.05) is 6.61 Å². The number of hydrogen-bond acceptors (Lipinski definition) is 3. The first kappa shape index (κ1) is 12.3. The van der Waals surface area contributed by atoms with Gasteiger partial charge in [-0.2, -0.15) is 0 Å². The van der Waals surface area contributed by atoms with E-state index in [-0.39, 0.29) is 6.10 Å². The molecule has 13 heavy (non-hydrogen) atoms. The summed E-state index contributed by atoms with van der Waals surface area (Å²) in [4.78, 5) is 10.9. The van der Waals surface area contributed by atoms with Gasteiger partial charge >= 0.3 is 6.16 Å². The molecule has 0 aliphatic carbocycles. The minimum absolute atomic E-state index is 0.0495. The van der Waals surface area contributed by atoms with Crippen LogP contribution < -0.4 is 0 Å². The maximum atomic E-state index is 10.9. The molecule has 0 aromatic rings. The topological polar surface area (TPSA) is 35.5 Å². The normalized spacial score (nSPS) is 12.7. The molecule has 0 spiro atoms. The molecule has 0 rings (SSSR count). The Kier molecular flexibility index (Phi) is 6.37. The Bertz CT molecular complexity index is 143. The van der Waals surface area contributed by atoms with Gasteiger partial charge in [0.1, 0.15) is 6.10 Å². The van der Waals surface area contributed by atoms with Gasteiger partial charge in [-0.05, 0) is 25.7 Å². The summed E-state index contributed by atoms with van der Waals surface area (Å²) in [5.74, 6) is 0.552. The van der Waals surface area contributed by atoms with E-state index in [0.717, 1.165) is 12.8 Å². The van der Waals surface area contributed by atoms with E-state index in [4.69, 9.17) is 9.47 Å². The molecule has 0 fully saturated rings. The molecule has 0 heterocycles. The monoisotopic (exact) mass is 188 g/mol. The van der Waals surface area contributed by atoms with E-state index in [1.807, 2.05) is 13.8 Å². The molecule has 78 valence electrons. The third-order valence-corrected chi connectivity index (χ3v) is 1.79. The molecule has 0 N–H and O–H groups in total. The lowest BCUT2D eigenvalue weighted by atomic mass is 10.1. The third-order valence-electron chi connectivity index (χ3n) is 1.79. The van der Waals surface area contributed by atoms with Crippen LogP contribution in [0.3, 0.4) is 0 Å². The highest BCUT2D eigenvalue weighted by Crippen LogP contribution is 2.02. The Morgan fingerprint density at radius 3 is 2.38 bits per heavy atom. The van der Waals surface area contributed by atoms with E-state index in [2.05, 4.69) is 13.8 Å². The number of rotatable bonds is 5. The predicted molar refractivity (Wildman–Crippen MR) is 51.6 cm³/mol. The van der Waals surface area contributed by atoms with Crippen LogP contribution >= 0.6 is 0 Å². The summed E-state index contributed by atoms with van der Waals surface area (Å²) in [6.45, 7) is 8.44. The number of carbonyl (C=O) groups excluding carboxylic acids is 1. The molecule has 0 aliphatic heterocycles. The van der Waals surface area contributed by atoms with Crippen LogP contribution in [0.2, 0.25) is 0 Å². The summed E-state index contributed by atoms with van der Waals surface area (Å²) >= 11 is 0. The molecular formula is C10H20O3. The van der Waals surface area contributed by atoms with E-state index in [1.54, 1.807) is 0 Å². The molecule has 1 atom stereocenters. The lowest BCUT2D eigenvalue weighted by Crippen LogP contribution is -2.16. The van der Waals surface area contributed by atoms with Crippen molar-refractivity contribution in [1.29, 1.82) is 0 Å². The van der Waals surface area contributed by atoms with Crippen molar-refractivity contribution in [3.8, 4) is 0 Å². The molecule has 0 unspecified atom stereocenters. The van der Waals surface area contributed by atoms with Crippen molar-refractivity contribution < 1.29 is 14.3 Å². The van der Waals surface area contributed by atoms with Gasteiger partial charge in [0.25, 0.3) is 0 Å². The molecule has 0 aromatic carbocycles. The van der Waals surface area contributed by atoms with Crippen molar-refractivity contribution in [3.63, 3.8) is 0 Å². The van der Waals surface area contributed by atoms with Crippen LogP contribution in [0.25, 0.3) is 0 Å². The highest BCUT2D eigenvalue weighted by Gasteiger charge is 2.08. The molecule has 0 aliphatic rings. The van der Waals surface area contributed by atoms with Gasteiger partial charge in [-0.15, -0.1) is 0 Å². The largest absolute Gasteiger partial charge is 0.508 e. The molecule has 0 radical (unpaired) electrons. The van der Waals surface area contributed by atoms with Gasteiger partial charge in [-0.25, -0.2) is 4.79 Å². The van der Waals surface area contributed by atoms with Crippen molar-refractivity contribution in [1.82, 2.24) is 0 Å². The van der Waals surface area contributed by atoms with Crippen molar-refractivity contribution in [2.45, 2.75) is 46.6 Å². The first-order chi connectivity index (χ1) is 6.06. The minimum Gasteiger partial charge on any atom is -0.434 e. The van der Waals surface area contributed by atoms with Crippen LogP contribution in [-0.2, 0) is 9.47 Å². The third kappa shape index (κ3) is 7.62. The average molecular weight is 188 g/mol. The van der Waals surface area contributed by atoms with Crippen molar-refractivity contribution >= 4 is 6.16 Å². The quantitative estimate of drug-likeness (QED) is 0.622. The molecule has 3 nitrogen and oxygen atoms in total. The van der Waals surface area contributed by atoms with E-state index in [0.29, 0.717) is 12.5 Å². The van der Waals surface area contributed by atoms with Gasteiger partial charge < -0.3 is 9.47 Å². The van der Waals surface area contributed by atoms with Gasteiger partial charge in [-0.3, -0.25) is 0 Å². The molecule has 0 bridgehead atoms. The smallest absolute Gasteiger partial charge is 0.434 e. The zero-order chi connectivity index (χ0) is 10.3. The number of hydrogen-bond donors (Lipinski definition) is 0. The average Bonchev–Trinajstić information content (AvgIpc) is 2.03. The van der Waals surface area contributed by atoms with Crippen LogP contribution in [-0.4, -0.2) is 18.9 Å². The van der Waals surface area contributed by atoms with Crippen LogP contribution in [0.15, 0.2) is 0 Å². The summed E-state index contributed by atoms with van der Waals surface area (Å²) in [5.41, 5.74) is 0. The second-order valence-electron chi connectivity index (χ2n) is 3.62. The van der Waals surface area contributed by atoms with Crippen LogP contribution in [0, 0.1) is 5.92 Å². The van der Waals surface area contributed by atoms with Crippen molar-refractivity contribution in [2.24, 2.45) is 5.92 Å². The van der Waals surface area contributed by atoms with E-state index >= 15 is 0 Å². The number of carbonyl (C=O) groups is 1. The Labute approximate surface area is 80.4 Å². The maximum absolute atomic E-state index is 10.9. The van der Waals surface area contributed by atoms with Gasteiger partial charge in [-0.1, -0.05) is 20.8 Å². The van der Waals surface area contributed by atoms with E-state index in [9.17, 15) is 4.79 Å². The van der Waals surface area contributed by atoms with Gasteiger partial charge in [0, 0.05) is 0 Å². The molecular weight excluding hydrogens is 168 g/mol. The fourth-order valence-electron chi connectivity index (χ4n) is 0.660. The highest BCUT2D eigenvalue weighted by molar-refractivity contribution is 5.59. The maximum Gasteiger partial charge on any atom is 0.508 e. The zero-order valence-electron chi connectivity index (χ0n) is 9.00. The standard InChI is InChI=1S/C10H20O3/c1-5-9(4)13-10(11)12-7-6-8(2)3/h8-9H,5-7H2,1-4H3/t9-/m0/s1. The fourth-order valence-corrected chi connectivity index (χ4v) is 0.660. The van der Waals surface area contributed by atoms with Gasteiger partial charge in [0.05, 0.1) is 6.61 Å². The minimum atomic E-state index is -0.546. The lowest BCUT2D eigenvalue weighted by molar-refractivity contribution is 0.0260. The molecule has 0 saturated heterocycles. The predicted octanol–water partition coefficient (Wildman–Crippen LogP) is 2.98. The second kappa shape index (κ2) is 6.75. The lowest BCUT2D eigenvalue weighted by Gasteiger charge is -2.11. The summed E-state index contributed by atoms with van der Waals surface area (Å²) < 4.78 is 9.78. The van der Waals surface area contributed by atoms with Crippen molar-refractivity contribution in [3.05, 3.63) is 0 Å². The Morgan fingerprint density at radius 2 is 1.92 bits per heavy atom. The first-order valence-corrected chi connectivity index (χ1v) is 4.89. The van der Waals surface area contributed by atoms with Crippen LogP contribution in [0.4, 0.5) is 4.79 Å². The Morgan fingerprint density at radius 1 is 1.31 bits per heavy atom. The van der Waals surface area contributed by atoms with Crippen LogP contribution in [0.1, 0.15) is 40.5 Å². The Balaban J connectivity index is 3.41. The van der Waals surface area contributed by atoms with Gasteiger partial charge in [0.2, 0.25) is 0 Å². The van der Waals surface area contributed by atoms with E-state index in [1.165, 1.54) is 0 Å². The Hall–Kier alpha value is -0.730. The summed E-state index contributed by atoms with van der Waals surface area (Å²) in [7, 11) is 0. The van der Waals surface area contributed by atoms with Gasteiger partial charge in [0.15, 0.2) is 0 Å². The molecule has 0 amide bonds. The molecule has 3 heteroatoms. The molecule has 0 aromatic heterocycles. The summed E-state index contributed by atoms with van der Waals surface area (Å²) in [6.07, 6.45) is 1.11. The fraction of sp³-hybridized carbons (Fsp3) is 0.900.